The molecule has 1 rings (SSSR count). The first-order valence-electron chi connectivity index (χ1n) is 9.71. The SMILES string of the molecule is C=C(NCC(O)CO)c1c(C)c(NC(C)(O)CC)c(I)c(C(=O)NCC(O)CO)c1I. The van der Waals surface area contributed by atoms with Gasteiger partial charge in [0.1, 0.15) is 5.72 Å². The molecule has 3 unspecified atom stereocenters. The van der Waals surface area contributed by atoms with Crippen molar-refractivity contribution in [1.29, 1.82) is 0 Å². The molecule has 0 aromatic heterocycles. The minimum absolute atomic E-state index is 0.0660. The van der Waals surface area contributed by atoms with E-state index in [1.165, 1.54) is 0 Å². The number of halogens is 2. The fourth-order valence-corrected chi connectivity index (χ4v) is 5.44. The van der Waals surface area contributed by atoms with Crippen molar-refractivity contribution in [3.63, 3.8) is 0 Å². The molecule has 0 aliphatic rings. The molecule has 176 valence electrons. The highest BCUT2D eigenvalue weighted by atomic mass is 127. The van der Waals surface area contributed by atoms with Crippen molar-refractivity contribution in [1.82, 2.24) is 10.6 Å². The van der Waals surface area contributed by atoms with Gasteiger partial charge in [-0.3, -0.25) is 4.79 Å². The Morgan fingerprint density at radius 3 is 2.06 bits per heavy atom. The maximum Gasteiger partial charge on any atom is 0.253 e. The minimum Gasteiger partial charge on any atom is -0.394 e. The summed E-state index contributed by atoms with van der Waals surface area (Å²) in [5.74, 6) is -0.454. The van der Waals surface area contributed by atoms with Crippen LogP contribution in [0.5, 0.6) is 0 Å². The Morgan fingerprint density at radius 2 is 1.58 bits per heavy atom. The third kappa shape index (κ3) is 7.68. The zero-order chi connectivity index (χ0) is 23.9. The minimum atomic E-state index is -1.22. The lowest BCUT2D eigenvalue weighted by molar-refractivity contribution is 0.0799. The standard InChI is InChI=1S/C20H31I2N3O6/c1-5-20(4,31)25-18-10(2)14(11(3)23-6-12(28)8-26)16(21)15(17(18)22)19(30)24-7-13(29)9-27/h12-13,23,25-29,31H,3,5-9H2,1-2,4H3,(H,24,30). The van der Waals surface area contributed by atoms with Crippen molar-refractivity contribution in [2.45, 2.75) is 45.1 Å². The number of hydrogen-bond donors (Lipinski definition) is 8. The number of carbonyl (C=O) groups is 1. The first-order valence-corrected chi connectivity index (χ1v) is 11.9. The largest absolute Gasteiger partial charge is 0.394 e. The highest BCUT2D eigenvalue weighted by Gasteiger charge is 2.28. The highest BCUT2D eigenvalue weighted by Crippen LogP contribution is 2.38. The Hall–Kier alpha value is -0.710. The van der Waals surface area contributed by atoms with E-state index in [0.29, 0.717) is 36.1 Å². The van der Waals surface area contributed by atoms with Crippen LogP contribution < -0.4 is 16.0 Å². The van der Waals surface area contributed by atoms with Crippen LogP contribution in [0.2, 0.25) is 0 Å². The molecule has 0 bridgehead atoms. The van der Waals surface area contributed by atoms with Gasteiger partial charge in [0.25, 0.3) is 5.91 Å². The molecule has 0 saturated heterocycles. The number of aliphatic hydroxyl groups excluding tert-OH is 4. The summed E-state index contributed by atoms with van der Waals surface area (Å²) in [5, 5.41) is 56.6. The molecule has 1 aromatic carbocycles. The molecule has 0 saturated carbocycles. The van der Waals surface area contributed by atoms with Crippen LogP contribution in [0.3, 0.4) is 0 Å². The summed E-state index contributed by atoms with van der Waals surface area (Å²) >= 11 is 4.07. The number of hydrogen-bond acceptors (Lipinski definition) is 8. The molecule has 9 nitrogen and oxygen atoms in total. The van der Waals surface area contributed by atoms with Gasteiger partial charge < -0.3 is 41.5 Å². The van der Waals surface area contributed by atoms with Crippen LogP contribution in [0.25, 0.3) is 5.70 Å². The summed E-state index contributed by atoms with van der Waals surface area (Å²) in [7, 11) is 0. The molecule has 0 aliphatic heterocycles. The summed E-state index contributed by atoms with van der Waals surface area (Å²) in [5.41, 5.74) is 1.46. The lowest BCUT2D eigenvalue weighted by Crippen LogP contribution is -2.37. The molecule has 0 aliphatic carbocycles. The predicted octanol–water partition coefficient (Wildman–Crippen LogP) is 0.731. The van der Waals surface area contributed by atoms with Gasteiger partial charge in [-0.25, -0.2) is 0 Å². The van der Waals surface area contributed by atoms with Crippen LogP contribution in [-0.4, -0.2) is 75.7 Å². The summed E-state index contributed by atoms with van der Waals surface area (Å²) in [6.07, 6.45) is -1.64. The Labute approximate surface area is 209 Å². The second kappa shape index (κ2) is 12.5. The topological polar surface area (TPSA) is 154 Å². The van der Waals surface area contributed by atoms with E-state index >= 15 is 0 Å². The maximum atomic E-state index is 13.0. The summed E-state index contributed by atoms with van der Waals surface area (Å²) in [6.45, 7) is 8.36. The number of carbonyl (C=O) groups excluding carboxylic acids is 1. The van der Waals surface area contributed by atoms with Gasteiger partial charge >= 0.3 is 0 Å². The number of benzene rings is 1. The van der Waals surface area contributed by atoms with Gasteiger partial charge in [0, 0.05) is 27.9 Å². The van der Waals surface area contributed by atoms with Gasteiger partial charge in [-0.2, -0.15) is 0 Å². The number of anilines is 1. The Balaban J connectivity index is 3.54. The van der Waals surface area contributed by atoms with Gasteiger partial charge in [-0.1, -0.05) is 13.5 Å². The maximum absolute atomic E-state index is 13.0. The fourth-order valence-electron chi connectivity index (χ4n) is 2.62. The van der Waals surface area contributed by atoms with Crippen LogP contribution in [-0.2, 0) is 0 Å². The molecule has 8 N–H and O–H groups in total. The molecular formula is C20H31I2N3O6. The van der Waals surface area contributed by atoms with Gasteiger partial charge in [-0.05, 0) is 71.0 Å². The molecule has 3 atom stereocenters. The van der Waals surface area contributed by atoms with Crippen LogP contribution >= 0.6 is 45.2 Å². The second-order valence-electron chi connectivity index (χ2n) is 7.37. The lowest BCUT2D eigenvalue weighted by atomic mass is 9.98. The second-order valence-corrected chi connectivity index (χ2v) is 9.53. The summed E-state index contributed by atoms with van der Waals surface area (Å²) in [4.78, 5) is 13.0. The normalized spacial score (nSPS) is 15.0. The van der Waals surface area contributed by atoms with E-state index in [1.807, 2.05) is 59.0 Å². The van der Waals surface area contributed by atoms with Gasteiger partial charge in [-0.15, -0.1) is 0 Å². The molecule has 0 heterocycles. The predicted molar refractivity (Wildman–Crippen MR) is 137 cm³/mol. The number of aliphatic hydroxyl groups is 5. The zero-order valence-corrected chi connectivity index (χ0v) is 22.1. The van der Waals surface area contributed by atoms with E-state index in [-0.39, 0.29) is 13.1 Å². The Kier molecular flexibility index (Phi) is 11.4. The molecule has 11 heteroatoms. The van der Waals surface area contributed by atoms with Gasteiger partial charge in [0.05, 0.1) is 40.2 Å². The first-order chi connectivity index (χ1) is 14.4. The van der Waals surface area contributed by atoms with Crippen LogP contribution in [0.4, 0.5) is 5.69 Å². The van der Waals surface area contributed by atoms with Crippen molar-refractivity contribution in [3.8, 4) is 0 Å². The van der Waals surface area contributed by atoms with E-state index in [1.54, 1.807) is 6.92 Å². The third-order valence-corrected chi connectivity index (χ3v) is 6.87. The van der Waals surface area contributed by atoms with Gasteiger partial charge in [0.15, 0.2) is 0 Å². The molecule has 0 fully saturated rings. The van der Waals surface area contributed by atoms with E-state index in [2.05, 4.69) is 22.5 Å². The molecule has 1 aromatic rings. The molecule has 1 amide bonds. The van der Waals surface area contributed by atoms with Crippen molar-refractivity contribution in [2.24, 2.45) is 0 Å². The highest BCUT2D eigenvalue weighted by molar-refractivity contribution is 14.1. The third-order valence-electron chi connectivity index (χ3n) is 4.71. The van der Waals surface area contributed by atoms with Gasteiger partial charge in [0.2, 0.25) is 0 Å². The molecular weight excluding hydrogens is 632 g/mol. The molecule has 0 spiro atoms. The zero-order valence-electron chi connectivity index (χ0n) is 17.8. The Bertz CT molecular complexity index is 751. The monoisotopic (exact) mass is 663 g/mol. The average Bonchev–Trinajstić information content (AvgIpc) is 2.73. The number of rotatable bonds is 12. The van der Waals surface area contributed by atoms with E-state index in [9.17, 15) is 20.1 Å². The van der Waals surface area contributed by atoms with Crippen molar-refractivity contribution >= 4 is 62.5 Å². The summed E-state index contributed by atoms with van der Waals surface area (Å²) < 4.78 is 1.17. The van der Waals surface area contributed by atoms with E-state index in [0.717, 1.165) is 5.56 Å². The van der Waals surface area contributed by atoms with E-state index in [4.69, 9.17) is 10.2 Å². The lowest BCUT2D eigenvalue weighted by Gasteiger charge is -2.29. The van der Waals surface area contributed by atoms with Crippen molar-refractivity contribution in [2.75, 3.05) is 31.6 Å². The average molecular weight is 663 g/mol. The summed E-state index contributed by atoms with van der Waals surface area (Å²) in [6, 6.07) is 0. The smallest absolute Gasteiger partial charge is 0.253 e. The quantitative estimate of drug-likeness (QED) is 0.120. The van der Waals surface area contributed by atoms with Crippen molar-refractivity contribution in [3.05, 3.63) is 30.4 Å². The fraction of sp³-hybridized carbons (Fsp3) is 0.550. The van der Waals surface area contributed by atoms with E-state index < -0.39 is 37.1 Å². The van der Waals surface area contributed by atoms with Crippen LogP contribution in [0.15, 0.2) is 6.58 Å². The Morgan fingerprint density at radius 1 is 1.06 bits per heavy atom. The number of nitrogens with one attached hydrogen (secondary N) is 3. The van der Waals surface area contributed by atoms with Crippen molar-refractivity contribution < 1.29 is 30.3 Å². The van der Waals surface area contributed by atoms with Crippen LogP contribution in [0.1, 0.15) is 41.8 Å². The molecule has 0 radical (unpaired) electrons. The number of amides is 1. The molecule has 31 heavy (non-hydrogen) atoms. The van der Waals surface area contributed by atoms with Crippen LogP contribution in [0, 0.1) is 14.1 Å². The first kappa shape index (κ1) is 28.3.